The Morgan fingerprint density at radius 2 is 1.73 bits per heavy atom. The summed E-state index contributed by atoms with van der Waals surface area (Å²) >= 11 is 0. The second-order valence-electron chi connectivity index (χ2n) is 6.74. The van der Waals surface area contributed by atoms with Gasteiger partial charge in [-0.2, -0.15) is 0 Å². The summed E-state index contributed by atoms with van der Waals surface area (Å²) in [4.78, 5) is 28.7. The monoisotopic (exact) mass is 401 g/mol. The van der Waals surface area contributed by atoms with Crippen LogP contribution < -0.4 is 5.73 Å². The number of hydrogen-bond acceptors (Lipinski definition) is 5. The molecule has 0 unspecified atom stereocenters. The van der Waals surface area contributed by atoms with Crippen LogP contribution in [0.15, 0.2) is 61.2 Å². The van der Waals surface area contributed by atoms with Crippen molar-refractivity contribution in [3.8, 4) is 11.1 Å². The van der Waals surface area contributed by atoms with Gasteiger partial charge in [0.2, 0.25) is 5.78 Å². The third kappa shape index (κ3) is 2.77. The highest BCUT2D eigenvalue weighted by Crippen LogP contribution is 2.29. The number of carbonyl (C=O) groups excluding carboxylic acids is 1. The lowest BCUT2D eigenvalue weighted by molar-refractivity contribution is 0.103. The Kier molecular flexibility index (Phi) is 3.99. The van der Waals surface area contributed by atoms with Crippen molar-refractivity contribution in [2.45, 2.75) is 0 Å². The van der Waals surface area contributed by atoms with Gasteiger partial charge in [0.15, 0.2) is 5.82 Å². The number of nitrogen functional groups attached to an aromatic ring is 1. The van der Waals surface area contributed by atoms with E-state index in [2.05, 4.69) is 19.9 Å². The van der Waals surface area contributed by atoms with Gasteiger partial charge in [-0.05, 0) is 35.9 Å². The molecule has 0 spiro atoms. The first-order chi connectivity index (χ1) is 14.5. The minimum Gasteiger partial charge on any atom is -0.396 e. The number of hydrogen-bond donors (Lipinski definition) is 2. The number of rotatable bonds is 3. The summed E-state index contributed by atoms with van der Waals surface area (Å²) in [5, 5.41) is 0.443. The van der Waals surface area contributed by atoms with Crippen LogP contribution in [0.5, 0.6) is 0 Å². The third-order valence-corrected chi connectivity index (χ3v) is 4.93. The van der Waals surface area contributed by atoms with Gasteiger partial charge in [-0.1, -0.05) is 6.07 Å². The first kappa shape index (κ1) is 17.9. The molecule has 5 aromatic rings. The maximum Gasteiger partial charge on any atom is 0.201 e. The molecule has 0 saturated heterocycles. The number of ketones is 1. The first-order valence-electron chi connectivity index (χ1n) is 8.99. The summed E-state index contributed by atoms with van der Waals surface area (Å²) in [6.45, 7) is 0. The Bertz CT molecular complexity index is 1460. The Labute approximate surface area is 168 Å². The topological polar surface area (TPSA) is 97.6 Å². The summed E-state index contributed by atoms with van der Waals surface area (Å²) in [5.41, 5.74) is 8.05. The van der Waals surface area contributed by atoms with E-state index in [-0.39, 0.29) is 11.3 Å². The zero-order chi connectivity index (χ0) is 20.8. The van der Waals surface area contributed by atoms with Crippen LogP contribution in [0.3, 0.4) is 0 Å². The Balaban J connectivity index is 1.65. The van der Waals surface area contributed by atoms with E-state index in [1.165, 1.54) is 6.20 Å². The first-order valence-corrected chi connectivity index (χ1v) is 8.99. The van der Waals surface area contributed by atoms with Crippen LogP contribution in [0.4, 0.5) is 14.5 Å². The number of nitrogens with zero attached hydrogens (tertiary/aromatic N) is 3. The van der Waals surface area contributed by atoms with E-state index in [9.17, 15) is 13.6 Å². The molecule has 0 amide bonds. The number of halogens is 2. The molecule has 0 aliphatic carbocycles. The zero-order valence-electron chi connectivity index (χ0n) is 15.4. The highest BCUT2D eigenvalue weighted by Gasteiger charge is 2.24. The zero-order valence-corrected chi connectivity index (χ0v) is 15.4. The van der Waals surface area contributed by atoms with Gasteiger partial charge < -0.3 is 10.7 Å². The molecule has 6 nitrogen and oxygen atoms in total. The molecule has 0 radical (unpaired) electrons. The fraction of sp³-hybridized carbons (Fsp3) is 0. The van der Waals surface area contributed by atoms with Crippen LogP contribution in [-0.2, 0) is 0 Å². The van der Waals surface area contributed by atoms with E-state index < -0.39 is 23.0 Å². The Hall–Kier alpha value is -4.20. The standard InChI is InChI=1S/C22H13F2N5O/c23-15-2-3-16(25)20(24)19(15)21(30)14-10-29-22-13(14)7-12(9-28-22)11-1-4-17-18(8-11)27-6-5-26-17/h1-10H,25H2,(H,28,29). The lowest BCUT2D eigenvalue weighted by Crippen LogP contribution is -2.09. The highest BCUT2D eigenvalue weighted by atomic mass is 19.1. The SMILES string of the molecule is Nc1ccc(F)c(C(=O)c2c[nH]c3ncc(-c4ccc5nccnc5c4)cc23)c1F. The van der Waals surface area contributed by atoms with Crippen LogP contribution in [0.2, 0.25) is 0 Å². The lowest BCUT2D eigenvalue weighted by Gasteiger charge is -2.07. The van der Waals surface area contributed by atoms with E-state index in [1.807, 2.05) is 18.2 Å². The van der Waals surface area contributed by atoms with Gasteiger partial charge in [0.25, 0.3) is 0 Å². The van der Waals surface area contributed by atoms with E-state index >= 15 is 0 Å². The van der Waals surface area contributed by atoms with Gasteiger partial charge in [-0.25, -0.2) is 13.8 Å². The second-order valence-corrected chi connectivity index (χ2v) is 6.74. The number of nitrogens with two attached hydrogens (primary N) is 1. The number of H-pyrrole nitrogens is 1. The van der Waals surface area contributed by atoms with Crippen molar-refractivity contribution >= 4 is 33.5 Å². The summed E-state index contributed by atoms with van der Waals surface area (Å²) < 4.78 is 28.6. The van der Waals surface area contributed by atoms with Crippen LogP contribution >= 0.6 is 0 Å². The molecule has 0 saturated carbocycles. The van der Waals surface area contributed by atoms with Crippen LogP contribution in [0.1, 0.15) is 15.9 Å². The lowest BCUT2D eigenvalue weighted by atomic mass is 9.99. The smallest absolute Gasteiger partial charge is 0.201 e. The molecule has 3 heterocycles. The molecule has 8 heteroatoms. The van der Waals surface area contributed by atoms with Crippen molar-refractivity contribution in [3.05, 3.63) is 83.9 Å². The van der Waals surface area contributed by atoms with Crippen LogP contribution in [0.25, 0.3) is 33.2 Å². The largest absolute Gasteiger partial charge is 0.396 e. The molecular formula is C22H13F2N5O. The molecule has 0 aliphatic heterocycles. The fourth-order valence-electron chi connectivity index (χ4n) is 3.40. The number of benzene rings is 2. The van der Waals surface area contributed by atoms with Crippen LogP contribution in [-0.4, -0.2) is 25.7 Å². The normalized spacial score (nSPS) is 11.3. The van der Waals surface area contributed by atoms with Crippen molar-refractivity contribution < 1.29 is 13.6 Å². The average molecular weight is 401 g/mol. The number of nitrogens with one attached hydrogen (secondary N) is 1. The second kappa shape index (κ2) is 6.70. The van der Waals surface area contributed by atoms with Crippen molar-refractivity contribution in [2.24, 2.45) is 0 Å². The summed E-state index contributed by atoms with van der Waals surface area (Å²) in [6.07, 6.45) is 6.25. The predicted octanol–water partition coefficient (Wildman–Crippen LogP) is 4.26. The van der Waals surface area contributed by atoms with Crippen molar-refractivity contribution in [2.75, 3.05) is 5.73 Å². The quantitative estimate of drug-likeness (QED) is 0.348. The molecule has 3 aromatic heterocycles. The van der Waals surface area contributed by atoms with Gasteiger partial charge >= 0.3 is 0 Å². The van der Waals surface area contributed by atoms with Crippen molar-refractivity contribution in [1.29, 1.82) is 0 Å². The molecule has 0 aliphatic rings. The minimum absolute atomic E-state index is 0.100. The molecule has 0 bridgehead atoms. The number of pyridine rings is 1. The van der Waals surface area contributed by atoms with E-state index in [4.69, 9.17) is 5.73 Å². The van der Waals surface area contributed by atoms with Crippen molar-refractivity contribution in [3.63, 3.8) is 0 Å². The Morgan fingerprint density at radius 1 is 0.933 bits per heavy atom. The predicted molar refractivity (Wildman–Crippen MR) is 109 cm³/mol. The van der Waals surface area contributed by atoms with Gasteiger partial charge in [0, 0.05) is 41.3 Å². The van der Waals surface area contributed by atoms with E-state index in [0.29, 0.717) is 16.6 Å². The Morgan fingerprint density at radius 3 is 2.57 bits per heavy atom. The molecule has 5 rings (SSSR count). The number of anilines is 1. The molecule has 0 atom stereocenters. The fourth-order valence-corrected chi connectivity index (χ4v) is 3.40. The van der Waals surface area contributed by atoms with Gasteiger partial charge in [-0.3, -0.25) is 14.8 Å². The number of fused-ring (bicyclic) bond motifs is 2. The third-order valence-electron chi connectivity index (χ3n) is 4.93. The number of carbonyl (C=O) groups is 1. The van der Waals surface area contributed by atoms with Gasteiger partial charge in [0.05, 0.1) is 22.3 Å². The van der Waals surface area contributed by atoms with Gasteiger partial charge in [0.1, 0.15) is 11.5 Å². The van der Waals surface area contributed by atoms with E-state index in [0.717, 1.165) is 28.8 Å². The van der Waals surface area contributed by atoms with Crippen LogP contribution in [0, 0.1) is 11.6 Å². The van der Waals surface area contributed by atoms with Gasteiger partial charge in [-0.15, -0.1) is 0 Å². The maximum absolute atomic E-state index is 14.4. The summed E-state index contributed by atoms with van der Waals surface area (Å²) in [6, 6.07) is 9.36. The molecule has 2 aromatic carbocycles. The van der Waals surface area contributed by atoms with Crippen molar-refractivity contribution in [1.82, 2.24) is 19.9 Å². The molecule has 0 fully saturated rings. The minimum atomic E-state index is -1.08. The average Bonchev–Trinajstić information content (AvgIpc) is 3.19. The number of aromatic amines is 1. The molecule has 3 N–H and O–H groups in total. The van der Waals surface area contributed by atoms with E-state index in [1.54, 1.807) is 24.7 Å². The molecule has 30 heavy (non-hydrogen) atoms. The highest BCUT2D eigenvalue weighted by molar-refractivity contribution is 6.16. The summed E-state index contributed by atoms with van der Waals surface area (Å²) in [5.74, 6) is -2.86. The molecular weight excluding hydrogens is 388 g/mol. The number of aromatic nitrogens is 4. The molecule has 146 valence electrons. The maximum atomic E-state index is 14.4. The summed E-state index contributed by atoms with van der Waals surface area (Å²) in [7, 11) is 0.